The smallest absolute Gasteiger partial charge is 0.228 e. The Bertz CT molecular complexity index is 365. The van der Waals surface area contributed by atoms with Crippen molar-refractivity contribution in [1.82, 2.24) is 10.1 Å². The summed E-state index contributed by atoms with van der Waals surface area (Å²) in [6, 6.07) is 0.0349. The molecule has 102 valence electrons. The molecular weight excluding hydrogens is 230 g/mol. The van der Waals surface area contributed by atoms with Crippen LogP contribution < -0.4 is 5.73 Å². The van der Waals surface area contributed by atoms with Gasteiger partial charge in [0.05, 0.1) is 0 Å². The molecule has 2 N–H and O–H groups in total. The van der Waals surface area contributed by atoms with E-state index in [9.17, 15) is 0 Å². The molecule has 0 saturated heterocycles. The monoisotopic (exact) mass is 253 g/mol. The Morgan fingerprint density at radius 1 is 1.39 bits per heavy atom. The molecule has 5 heteroatoms. The van der Waals surface area contributed by atoms with Gasteiger partial charge in [-0.1, -0.05) is 24.4 Å². The van der Waals surface area contributed by atoms with Crippen LogP contribution in [0.5, 0.6) is 0 Å². The van der Waals surface area contributed by atoms with Gasteiger partial charge in [0.25, 0.3) is 0 Å². The van der Waals surface area contributed by atoms with Gasteiger partial charge in [-0.15, -0.1) is 0 Å². The van der Waals surface area contributed by atoms with Gasteiger partial charge in [0, 0.05) is 19.1 Å². The van der Waals surface area contributed by atoms with E-state index in [0.717, 1.165) is 25.7 Å². The molecule has 0 aliphatic heterocycles. The highest BCUT2D eigenvalue weighted by atomic mass is 16.5. The minimum atomic E-state index is -0.327. The molecule has 0 spiro atoms. The fraction of sp³-hybridized carbons (Fsp3) is 0.846. The third-order valence-corrected chi connectivity index (χ3v) is 3.45. The summed E-state index contributed by atoms with van der Waals surface area (Å²) < 4.78 is 11.2. The SMILES string of the molecule is CCOC1(c2noc(CC(C)N)n2)CCCCC1. The maximum atomic E-state index is 5.96. The number of nitrogens with two attached hydrogens (primary N) is 1. The lowest BCUT2D eigenvalue weighted by Gasteiger charge is -2.33. The molecule has 1 aliphatic rings. The van der Waals surface area contributed by atoms with Crippen LogP contribution >= 0.6 is 0 Å². The second kappa shape index (κ2) is 5.80. The molecular formula is C13H23N3O2. The quantitative estimate of drug-likeness (QED) is 0.870. The van der Waals surface area contributed by atoms with Gasteiger partial charge in [0.2, 0.25) is 11.7 Å². The predicted octanol–water partition coefficient (Wildman–Crippen LogP) is 2.16. The molecule has 0 bridgehead atoms. The highest BCUT2D eigenvalue weighted by Gasteiger charge is 2.39. The zero-order chi connectivity index (χ0) is 13.0. The topological polar surface area (TPSA) is 74.2 Å². The lowest BCUT2D eigenvalue weighted by Crippen LogP contribution is -2.33. The first-order valence-corrected chi connectivity index (χ1v) is 6.89. The van der Waals surface area contributed by atoms with E-state index < -0.39 is 0 Å². The molecule has 0 amide bonds. The fourth-order valence-corrected chi connectivity index (χ4v) is 2.63. The number of aromatic nitrogens is 2. The molecule has 18 heavy (non-hydrogen) atoms. The summed E-state index contributed by atoms with van der Waals surface area (Å²) in [6.07, 6.45) is 6.18. The number of hydrogen-bond donors (Lipinski definition) is 1. The van der Waals surface area contributed by atoms with Gasteiger partial charge in [-0.2, -0.15) is 4.98 Å². The van der Waals surface area contributed by atoms with E-state index in [4.69, 9.17) is 15.0 Å². The number of rotatable bonds is 5. The molecule has 1 aromatic rings. The standard InChI is InChI=1S/C13H23N3O2/c1-3-17-13(7-5-4-6-8-13)12-15-11(18-16-12)9-10(2)14/h10H,3-9,14H2,1-2H3. The lowest BCUT2D eigenvalue weighted by atomic mass is 9.84. The predicted molar refractivity (Wildman–Crippen MR) is 68.0 cm³/mol. The average molecular weight is 253 g/mol. The molecule has 1 saturated carbocycles. The summed E-state index contributed by atoms with van der Waals surface area (Å²) in [5.41, 5.74) is 5.42. The number of ether oxygens (including phenoxy) is 1. The molecule has 1 heterocycles. The van der Waals surface area contributed by atoms with Gasteiger partial charge in [0.1, 0.15) is 5.60 Å². The van der Waals surface area contributed by atoms with E-state index in [1.54, 1.807) is 0 Å². The van der Waals surface area contributed by atoms with E-state index in [1.165, 1.54) is 6.42 Å². The molecule has 5 nitrogen and oxygen atoms in total. The lowest BCUT2D eigenvalue weighted by molar-refractivity contribution is -0.0777. The summed E-state index contributed by atoms with van der Waals surface area (Å²) in [6.45, 7) is 4.62. The Morgan fingerprint density at radius 3 is 2.72 bits per heavy atom. The summed E-state index contributed by atoms with van der Waals surface area (Å²) in [4.78, 5) is 4.48. The number of hydrogen-bond acceptors (Lipinski definition) is 5. The van der Waals surface area contributed by atoms with Gasteiger partial charge in [0.15, 0.2) is 0 Å². The van der Waals surface area contributed by atoms with Crippen molar-refractivity contribution in [3.63, 3.8) is 0 Å². The maximum Gasteiger partial charge on any atom is 0.228 e. The summed E-state index contributed by atoms with van der Waals surface area (Å²) in [5.74, 6) is 1.32. The van der Waals surface area contributed by atoms with Crippen LogP contribution in [0.1, 0.15) is 57.7 Å². The van der Waals surface area contributed by atoms with Crippen LogP contribution in [0.4, 0.5) is 0 Å². The minimum absolute atomic E-state index is 0.0349. The van der Waals surface area contributed by atoms with Crippen LogP contribution in [0.3, 0.4) is 0 Å². The Hall–Kier alpha value is -0.940. The van der Waals surface area contributed by atoms with Gasteiger partial charge in [-0.25, -0.2) is 0 Å². The van der Waals surface area contributed by atoms with Gasteiger partial charge >= 0.3 is 0 Å². The van der Waals surface area contributed by atoms with Crippen molar-refractivity contribution in [2.24, 2.45) is 5.73 Å². The Kier molecular flexibility index (Phi) is 4.35. The van der Waals surface area contributed by atoms with Crippen LogP contribution in [-0.4, -0.2) is 22.8 Å². The largest absolute Gasteiger partial charge is 0.367 e. The van der Waals surface area contributed by atoms with E-state index in [2.05, 4.69) is 10.1 Å². The van der Waals surface area contributed by atoms with Gasteiger partial charge in [-0.05, 0) is 26.7 Å². The highest BCUT2D eigenvalue weighted by Crippen LogP contribution is 2.39. The average Bonchev–Trinajstić information content (AvgIpc) is 2.79. The number of nitrogens with zero attached hydrogens (tertiary/aromatic N) is 2. The summed E-state index contributed by atoms with van der Waals surface area (Å²) in [5, 5.41) is 4.12. The first kappa shape index (κ1) is 13.5. The van der Waals surface area contributed by atoms with Crippen LogP contribution in [0.15, 0.2) is 4.52 Å². The van der Waals surface area contributed by atoms with E-state index in [-0.39, 0.29) is 11.6 Å². The first-order chi connectivity index (χ1) is 8.66. The Labute approximate surface area is 108 Å². The van der Waals surface area contributed by atoms with Crippen molar-refractivity contribution in [3.05, 3.63) is 11.7 Å². The molecule has 1 fully saturated rings. The molecule has 1 aliphatic carbocycles. The normalized spacial score (nSPS) is 20.8. The second-order valence-electron chi connectivity index (χ2n) is 5.18. The van der Waals surface area contributed by atoms with Gasteiger partial charge < -0.3 is 15.0 Å². The molecule has 1 atom stereocenters. The van der Waals surface area contributed by atoms with Gasteiger partial charge in [-0.3, -0.25) is 0 Å². The van der Waals surface area contributed by atoms with Crippen LogP contribution in [0.2, 0.25) is 0 Å². The Morgan fingerprint density at radius 2 is 2.11 bits per heavy atom. The maximum absolute atomic E-state index is 5.96. The molecule has 1 aromatic heterocycles. The van der Waals surface area contributed by atoms with Crippen molar-refractivity contribution in [2.45, 2.75) is 64.0 Å². The van der Waals surface area contributed by atoms with E-state index in [0.29, 0.717) is 24.7 Å². The zero-order valence-corrected chi connectivity index (χ0v) is 11.3. The minimum Gasteiger partial charge on any atom is -0.367 e. The van der Waals surface area contributed by atoms with Crippen molar-refractivity contribution in [1.29, 1.82) is 0 Å². The highest BCUT2D eigenvalue weighted by molar-refractivity contribution is 5.03. The van der Waals surface area contributed by atoms with Crippen LogP contribution in [-0.2, 0) is 16.8 Å². The summed E-state index contributed by atoms with van der Waals surface area (Å²) >= 11 is 0. The molecule has 1 unspecified atom stereocenters. The second-order valence-corrected chi connectivity index (χ2v) is 5.18. The zero-order valence-electron chi connectivity index (χ0n) is 11.3. The fourth-order valence-electron chi connectivity index (χ4n) is 2.63. The molecule has 0 radical (unpaired) electrons. The third-order valence-electron chi connectivity index (χ3n) is 3.45. The summed E-state index contributed by atoms with van der Waals surface area (Å²) in [7, 11) is 0. The van der Waals surface area contributed by atoms with Crippen molar-refractivity contribution >= 4 is 0 Å². The van der Waals surface area contributed by atoms with Crippen molar-refractivity contribution in [3.8, 4) is 0 Å². The molecule has 2 rings (SSSR count). The first-order valence-electron chi connectivity index (χ1n) is 6.89. The van der Waals surface area contributed by atoms with Crippen LogP contribution in [0.25, 0.3) is 0 Å². The van der Waals surface area contributed by atoms with E-state index in [1.807, 2.05) is 13.8 Å². The van der Waals surface area contributed by atoms with Crippen molar-refractivity contribution in [2.75, 3.05) is 6.61 Å². The third kappa shape index (κ3) is 2.90. The van der Waals surface area contributed by atoms with E-state index >= 15 is 0 Å². The Balaban J connectivity index is 2.17. The van der Waals surface area contributed by atoms with Crippen molar-refractivity contribution < 1.29 is 9.26 Å². The molecule has 0 aromatic carbocycles. The van der Waals surface area contributed by atoms with Crippen LogP contribution in [0, 0.1) is 0 Å².